The number of pyridine rings is 1. The number of ether oxygens (including phenoxy) is 2. The van der Waals surface area contributed by atoms with Gasteiger partial charge >= 0.3 is 0 Å². The molecule has 1 aliphatic heterocycles. The SMILES string of the molecule is COc1ccc([C@H]2[C@H](Oc3ccccc3)C(=O)N2c2ccccc2-c2ccccn2)cc1. The van der Waals surface area contributed by atoms with Gasteiger partial charge in [-0.1, -0.05) is 54.6 Å². The molecule has 3 aromatic carbocycles. The monoisotopic (exact) mass is 422 g/mol. The third kappa shape index (κ3) is 3.58. The smallest absolute Gasteiger partial charge is 0.271 e. The van der Waals surface area contributed by atoms with E-state index in [0.29, 0.717) is 5.75 Å². The minimum absolute atomic E-state index is 0.0851. The zero-order chi connectivity index (χ0) is 21.9. The number of para-hydroxylation sites is 2. The molecule has 0 spiro atoms. The molecule has 0 N–H and O–H groups in total. The Morgan fingerprint density at radius 2 is 1.50 bits per heavy atom. The van der Waals surface area contributed by atoms with Crippen molar-refractivity contribution in [3.63, 3.8) is 0 Å². The lowest BCUT2D eigenvalue weighted by Gasteiger charge is -2.47. The van der Waals surface area contributed by atoms with Gasteiger partial charge in [-0.3, -0.25) is 14.7 Å². The Morgan fingerprint density at radius 1 is 0.781 bits per heavy atom. The van der Waals surface area contributed by atoms with Gasteiger partial charge in [-0.05, 0) is 48.0 Å². The molecule has 2 heterocycles. The van der Waals surface area contributed by atoms with Crippen molar-refractivity contribution in [1.82, 2.24) is 4.98 Å². The second-order valence-corrected chi connectivity index (χ2v) is 7.51. The standard InChI is InChI=1S/C27H22N2O3/c1-31-20-16-14-19(15-17-20)25-26(32-21-9-3-2-4-10-21)27(30)29(25)24-13-6-5-11-22(24)23-12-7-8-18-28-23/h2-18,25-26H,1H3/t25-,26-/m0/s1. The van der Waals surface area contributed by atoms with Crippen LogP contribution in [0.25, 0.3) is 11.3 Å². The highest BCUT2D eigenvalue weighted by Gasteiger charge is 2.51. The fourth-order valence-electron chi connectivity index (χ4n) is 4.04. The Labute approximate surface area is 186 Å². The zero-order valence-electron chi connectivity index (χ0n) is 17.6. The predicted octanol–water partition coefficient (Wildman–Crippen LogP) is 5.29. The van der Waals surface area contributed by atoms with Crippen LogP contribution in [0.3, 0.4) is 0 Å². The van der Waals surface area contributed by atoms with Gasteiger partial charge in [0.1, 0.15) is 17.5 Å². The molecule has 0 bridgehead atoms. The largest absolute Gasteiger partial charge is 0.497 e. The lowest BCUT2D eigenvalue weighted by atomic mass is 9.88. The number of hydrogen-bond acceptors (Lipinski definition) is 4. The van der Waals surface area contributed by atoms with Crippen molar-refractivity contribution in [2.75, 3.05) is 12.0 Å². The number of aromatic nitrogens is 1. The van der Waals surface area contributed by atoms with Crippen molar-refractivity contribution < 1.29 is 14.3 Å². The Kier molecular flexibility index (Phi) is 5.30. The Hall–Kier alpha value is -4.12. The van der Waals surface area contributed by atoms with Crippen molar-refractivity contribution >= 4 is 11.6 Å². The molecule has 5 rings (SSSR count). The van der Waals surface area contributed by atoms with E-state index in [4.69, 9.17) is 9.47 Å². The number of methoxy groups -OCH3 is 1. The van der Waals surface area contributed by atoms with E-state index in [9.17, 15) is 4.79 Å². The Bertz CT molecular complexity index is 1210. The molecule has 4 aromatic rings. The maximum atomic E-state index is 13.4. The van der Waals surface area contributed by atoms with Gasteiger partial charge in [0.15, 0.2) is 0 Å². The molecule has 0 aliphatic carbocycles. The lowest BCUT2D eigenvalue weighted by molar-refractivity contribution is -0.135. The number of carbonyl (C=O) groups is 1. The molecule has 1 saturated heterocycles. The van der Waals surface area contributed by atoms with E-state index in [0.717, 1.165) is 28.3 Å². The number of β-lactam (4-membered cyclic amide) rings is 1. The van der Waals surface area contributed by atoms with Crippen LogP contribution in [-0.2, 0) is 4.79 Å². The van der Waals surface area contributed by atoms with Crippen LogP contribution in [0.15, 0.2) is 103 Å². The van der Waals surface area contributed by atoms with Crippen LogP contribution in [0.4, 0.5) is 5.69 Å². The summed E-state index contributed by atoms with van der Waals surface area (Å²) in [6.45, 7) is 0. The number of hydrogen-bond donors (Lipinski definition) is 0. The summed E-state index contributed by atoms with van der Waals surface area (Å²) in [5.74, 6) is 1.35. The molecular weight excluding hydrogens is 400 g/mol. The zero-order valence-corrected chi connectivity index (χ0v) is 17.6. The van der Waals surface area contributed by atoms with Crippen LogP contribution in [0, 0.1) is 0 Å². The van der Waals surface area contributed by atoms with E-state index < -0.39 is 6.10 Å². The van der Waals surface area contributed by atoms with E-state index in [1.54, 1.807) is 18.2 Å². The van der Waals surface area contributed by atoms with Crippen LogP contribution in [-0.4, -0.2) is 24.1 Å². The first-order valence-electron chi connectivity index (χ1n) is 10.5. The highest BCUT2D eigenvalue weighted by Crippen LogP contribution is 2.44. The van der Waals surface area contributed by atoms with Gasteiger partial charge in [0.05, 0.1) is 18.5 Å². The summed E-state index contributed by atoms with van der Waals surface area (Å²) in [5, 5.41) is 0. The van der Waals surface area contributed by atoms with E-state index >= 15 is 0 Å². The highest BCUT2D eigenvalue weighted by atomic mass is 16.5. The summed E-state index contributed by atoms with van der Waals surface area (Å²) >= 11 is 0. The fraction of sp³-hybridized carbons (Fsp3) is 0.111. The molecule has 0 saturated carbocycles. The number of carbonyl (C=O) groups excluding carboxylic acids is 1. The molecule has 32 heavy (non-hydrogen) atoms. The number of benzene rings is 3. The quantitative estimate of drug-likeness (QED) is 0.396. The summed E-state index contributed by atoms with van der Waals surface area (Å²) in [6, 6.07) is 30.5. The maximum absolute atomic E-state index is 13.4. The molecule has 1 fully saturated rings. The van der Waals surface area contributed by atoms with E-state index in [1.165, 1.54) is 0 Å². The summed E-state index contributed by atoms with van der Waals surface area (Å²) in [5.41, 5.74) is 3.50. The van der Waals surface area contributed by atoms with Crippen molar-refractivity contribution in [2.24, 2.45) is 0 Å². The first kappa shape index (κ1) is 19.8. The molecule has 5 heteroatoms. The van der Waals surface area contributed by atoms with Gasteiger partial charge in [-0.2, -0.15) is 0 Å². The van der Waals surface area contributed by atoms with E-state index in [1.807, 2.05) is 97.1 Å². The topological polar surface area (TPSA) is 51.7 Å². The molecule has 158 valence electrons. The molecular formula is C27H22N2O3. The van der Waals surface area contributed by atoms with Crippen molar-refractivity contribution in [1.29, 1.82) is 0 Å². The van der Waals surface area contributed by atoms with Crippen LogP contribution in [0.2, 0.25) is 0 Å². The summed E-state index contributed by atoms with van der Waals surface area (Å²) in [7, 11) is 1.64. The van der Waals surface area contributed by atoms with Gasteiger partial charge in [-0.15, -0.1) is 0 Å². The molecule has 0 radical (unpaired) electrons. The van der Waals surface area contributed by atoms with Crippen LogP contribution < -0.4 is 14.4 Å². The van der Waals surface area contributed by atoms with Crippen LogP contribution >= 0.6 is 0 Å². The third-order valence-electron chi connectivity index (χ3n) is 5.61. The number of anilines is 1. The first-order chi connectivity index (χ1) is 15.8. The van der Waals surface area contributed by atoms with Crippen molar-refractivity contribution in [2.45, 2.75) is 12.1 Å². The molecule has 1 aromatic heterocycles. The summed E-state index contributed by atoms with van der Waals surface area (Å²) < 4.78 is 11.5. The maximum Gasteiger partial charge on any atom is 0.271 e. The predicted molar refractivity (Wildman–Crippen MR) is 124 cm³/mol. The first-order valence-corrected chi connectivity index (χ1v) is 10.5. The second kappa shape index (κ2) is 8.55. The minimum atomic E-state index is -0.623. The molecule has 0 unspecified atom stereocenters. The Morgan fingerprint density at radius 3 is 2.22 bits per heavy atom. The van der Waals surface area contributed by atoms with Crippen molar-refractivity contribution in [3.8, 4) is 22.8 Å². The molecule has 1 amide bonds. The molecule has 1 aliphatic rings. The molecule has 2 atom stereocenters. The molecule has 5 nitrogen and oxygen atoms in total. The van der Waals surface area contributed by atoms with E-state index in [2.05, 4.69) is 4.98 Å². The third-order valence-corrected chi connectivity index (χ3v) is 5.61. The summed E-state index contributed by atoms with van der Waals surface area (Å²) in [4.78, 5) is 19.7. The van der Waals surface area contributed by atoms with E-state index in [-0.39, 0.29) is 11.9 Å². The van der Waals surface area contributed by atoms with Gasteiger partial charge in [-0.25, -0.2) is 0 Å². The fourth-order valence-corrected chi connectivity index (χ4v) is 4.04. The van der Waals surface area contributed by atoms with Crippen LogP contribution in [0.1, 0.15) is 11.6 Å². The van der Waals surface area contributed by atoms with Crippen molar-refractivity contribution in [3.05, 3.63) is 109 Å². The second-order valence-electron chi connectivity index (χ2n) is 7.51. The van der Waals surface area contributed by atoms with Gasteiger partial charge in [0.2, 0.25) is 6.10 Å². The summed E-state index contributed by atoms with van der Waals surface area (Å²) in [6.07, 6.45) is 1.13. The van der Waals surface area contributed by atoms with Gasteiger partial charge < -0.3 is 9.47 Å². The number of rotatable bonds is 6. The number of nitrogens with zero attached hydrogens (tertiary/aromatic N) is 2. The van der Waals surface area contributed by atoms with Crippen LogP contribution in [0.5, 0.6) is 11.5 Å². The number of amides is 1. The minimum Gasteiger partial charge on any atom is -0.497 e. The normalized spacial score (nSPS) is 17.5. The average molecular weight is 422 g/mol. The van der Waals surface area contributed by atoms with Gasteiger partial charge in [0, 0.05) is 11.8 Å². The lowest BCUT2D eigenvalue weighted by Crippen LogP contribution is -2.61. The Balaban J connectivity index is 1.56. The highest BCUT2D eigenvalue weighted by molar-refractivity contribution is 6.07. The van der Waals surface area contributed by atoms with Gasteiger partial charge in [0.25, 0.3) is 5.91 Å². The average Bonchev–Trinajstić information content (AvgIpc) is 2.87.